The van der Waals surface area contributed by atoms with Crippen LogP contribution >= 0.6 is 11.3 Å². The van der Waals surface area contributed by atoms with Crippen molar-refractivity contribution in [3.05, 3.63) is 16.1 Å². The molecule has 92 valence electrons. The Hall–Kier alpha value is -0.450. The molecule has 0 aliphatic rings. The summed E-state index contributed by atoms with van der Waals surface area (Å²) < 4.78 is 0. The zero-order valence-electron chi connectivity index (χ0n) is 10.5. The van der Waals surface area contributed by atoms with Gasteiger partial charge in [0.05, 0.1) is 11.2 Å². The lowest BCUT2D eigenvalue weighted by molar-refractivity contribution is 0.394. The minimum absolute atomic E-state index is 0.591. The van der Waals surface area contributed by atoms with Crippen molar-refractivity contribution in [3.63, 3.8) is 0 Å². The summed E-state index contributed by atoms with van der Waals surface area (Å²) in [6, 6.07) is 0. The first kappa shape index (κ1) is 13.6. The molecule has 0 saturated heterocycles. The Morgan fingerprint density at radius 2 is 2.25 bits per heavy atom. The second-order valence-corrected chi connectivity index (χ2v) is 5.66. The van der Waals surface area contributed by atoms with Gasteiger partial charge in [0, 0.05) is 11.4 Å². The van der Waals surface area contributed by atoms with E-state index in [0.717, 1.165) is 31.2 Å². The Balaban J connectivity index is 2.26. The summed E-state index contributed by atoms with van der Waals surface area (Å²) in [4.78, 5) is 5.57. The highest BCUT2D eigenvalue weighted by Gasteiger charge is 2.09. The number of nitrogens with two attached hydrogens (primary N) is 1. The lowest BCUT2D eigenvalue weighted by Crippen LogP contribution is -2.29. The molecule has 0 fully saturated rings. The van der Waals surface area contributed by atoms with Gasteiger partial charge in [-0.05, 0) is 38.3 Å². The number of nitrogens with one attached hydrogen (secondary N) is 1. The molecular weight excluding hydrogens is 218 g/mol. The van der Waals surface area contributed by atoms with Crippen molar-refractivity contribution in [3.8, 4) is 0 Å². The summed E-state index contributed by atoms with van der Waals surface area (Å²) in [5.41, 5.74) is 8.81. The van der Waals surface area contributed by atoms with Crippen LogP contribution in [0, 0.1) is 18.8 Å². The number of hydrogen-bond acceptors (Lipinski definition) is 4. The first-order chi connectivity index (χ1) is 7.63. The maximum Gasteiger partial charge on any atom is 0.0798 e. The Morgan fingerprint density at radius 1 is 1.50 bits per heavy atom. The van der Waals surface area contributed by atoms with Crippen LogP contribution in [-0.4, -0.2) is 18.1 Å². The SMILES string of the molecule is Cc1ncsc1CNCC(CN)CC(C)C. The van der Waals surface area contributed by atoms with Crippen molar-refractivity contribution >= 4 is 11.3 Å². The third kappa shape index (κ3) is 4.60. The molecule has 3 nitrogen and oxygen atoms in total. The molecule has 1 atom stereocenters. The molecule has 1 unspecified atom stereocenters. The van der Waals surface area contributed by atoms with Crippen LogP contribution in [0.25, 0.3) is 0 Å². The standard InChI is InChI=1S/C12H23N3S/c1-9(2)4-11(5-13)6-14-7-12-10(3)15-8-16-12/h8-9,11,14H,4-7,13H2,1-3H3. The molecule has 0 saturated carbocycles. The van der Waals surface area contributed by atoms with E-state index in [1.54, 1.807) is 11.3 Å². The Labute approximate surface area is 102 Å². The molecule has 1 aromatic rings. The van der Waals surface area contributed by atoms with Crippen molar-refractivity contribution in [2.45, 2.75) is 33.7 Å². The predicted octanol–water partition coefficient (Wildman–Crippen LogP) is 2.16. The summed E-state index contributed by atoms with van der Waals surface area (Å²) in [6.45, 7) is 9.25. The van der Waals surface area contributed by atoms with Crippen LogP contribution in [0.1, 0.15) is 30.8 Å². The van der Waals surface area contributed by atoms with E-state index in [4.69, 9.17) is 5.73 Å². The summed E-state index contributed by atoms with van der Waals surface area (Å²) >= 11 is 1.72. The average Bonchev–Trinajstić information content (AvgIpc) is 2.62. The van der Waals surface area contributed by atoms with Crippen molar-refractivity contribution in [2.24, 2.45) is 17.6 Å². The fraction of sp³-hybridized carbons (Fsp3) is 0.750. The van der Waals surface area contributed by atoms with E-state index in [2.05, 4.69) is 31.1 Å². The highest BCUT2D eigenvalue weighted by atomic mass is 32.1. The van der Waals surface area contributed by atoms with E-state index in [9.17, 15) is 0 Å². The molecule has 3 N–H and O–H groups in total. The summed E-state index contributed by atoms with van der Waals surface area (Å²) in [6.07, 6.45) is 1.20. The van der Waals surface area contributed by atoms with Crippen molar-refractivity contribution in [1.82, 2.24) is 10.3 Å². The van der Waals surface area contributed by atoms with Gasteiger partial charge < -0.3 is 11.1 Å². The van der Waals surface area contributed by atoms with Crippen molar-refractivity contribution < 1.29 is 0 Å². The van der Waals surface area contributed by atoms with E-state index in [0.29, 0.717) is 5.92 Å². The molecule has 16 heavy (non-hydrogen) atoms. The fourth-order valence-corrected chi connectivity index (χ4v) is 2.56. The Bertz CT molecular complexity index is 296. The van der Waals surface area contributed by atoms with Gasteiger partial charge in [0.15, 0.2) is 0 Å². The normalized spacial score (nSPS) is 13.3. The quantitative estimate of drug-likeness (QED) is 0.769. The molecule has 1 aromatic heterocycles. The molecule has 1 rings (SSSR count). The van der Waals surface area contributed by atoms with Crippen LogP contribution < -0.4 is 11.1 Å². The summed E-state index contributed by atoms with van der Waals surface area (Å²) in [5.74, 6) is 1.31. The van der Waals surface area contributed by atoms with Gasteiger partial charge in [-0.2, -0.15) is 0 Å². The number of hydrogen-bond donors (Lipinski definition) is 2. The zero-order chi connectivity index (χ0) is 12.0. The number of aryl methyl sites for hydroxylation is 1. The smallest absolute Gasteiger partial charge is 0.0798 e. The van der Waals surface area contributed by atoms with Gasteiger partial charge in [0.1, 0.15) is 0 Å². The van der Waals surface area contributed by atoms with Crippen LogP contribution in [0.5, 0.6) is 0 Å². The van der Waals surface area contributed by atoms with Crippen molar-refractivity contribution in [1.29, 1.82) is 0 Å². The molecule has 0 bridgehead atoms. The van der Waals surface area contributed by atoms with Gasteiger partial charge in [-0.25, -0.2) is 4.98 Å². The largest absolute Gasteiger partial charge is 0.330 e. The van der Waals surface area contributed by atoms with Gasteiger partial charge >= 0.3 is 0 Å². The second kappa shape index (κ2) is 6.99. The molecule has 0 radical (unpaired) electrons. The fourth-order valence-electron chi connectivity index (χ4n) is 1.82. The molecule has 0 amide bonds. The maximum absolute atomic E-state index is 5.76. The first-order valence-corrected chi connectivity index (χ1v) is 6.81. The highest BCUT2D eigenvalue weighted by Crippen LogP contribution is 2.13. The molecule has 0 aliphatic carbocycles. The van der Waals surface area contributed by atoms with Crippen LogP contribution in [0.4, 0.5) is 0 Å². The Morgan fingerprint density at radius 3 is 2.75 bits per heavy atom. The van der Waals surface area contributed by atoms with Crippen LogP contribution in [-0.2, 0) is 6.54 Å². The van der Waals surface area contributed by atoms with Crippen LogP contribution in [0.15, 0.2) is 5.51 Å². The molecular formula is C12H23N3S. The van der Waals surface area contributed by atoms with E-state index < -0.39 is 0 Å². The van der Waals surface area contributed by atoms with Crippen LogP contribution in [0.2, 0.25) is 0 Å². The second-order valence-electron chi connectivity index (χ2n) is 4.72. The molecule has 0 aliphatic heterocycles. The Kier molecular flexibility index (Phi) is 5.95. The van der Waals surface area contributed by atoms with Gasteiger partial charge in [-0.15, -0.1) is 11.3 Å². The van der Waals surface area contributed by atoms with E-state index >= 15 is 0 Å². The van der Waals surface area contributed by atoms with E-state index in [1.165, 1.54) is 11.3 Å². The first-order valence-electron chi connectivity index (χ1n) is 5.93. The average molecular weight is 241 g/mol. The summed E-state index contributed by atoms with van der Waals surface area (Å²) in [7, 11) is 0. The van der Waals surface area contributed by atoms with E-state index in [1.807, 2.05) is 5.51 Å². The van der Waals surface area contributed by atoms with Gasteiger partial charge in [-0.3, -0.25) is 0 Å². The molecule has 0 aromatic carbocycles. The lowest BCUT2D eigenvalue weighted by atomic mass is 9.97. The number of nitrogens with zero attached hydrogens (tertiary/aromatic N) is 1. The van der Waals surface area contributed by atoms with E-state index in [-0.39, 0.29) is 0 Å². The summed E-state index contributed by atoms with van der Waals surface area (Å²) in [5, 5.41) is 3.48. The number of rotatable bonds is 7. The third-order valence-corrected chi connectivity index (χ3v) is 3.64. The van der Waals surface area contributed by atoms with Gasteiger partial charge in [-0.1, -0.05) is 13.8 Å². The maximum atomic E-state index is 5.76. The van der Waals surface area contributed by atoms with Gasteiger partial charge in [0.2, 0.25) is 0 Å². The molecule has 0 spiro atoms. The van der Waals surface area contributed by atoms with Gasteiger partial charge in [0.25, 0.3) is 0 Å². The predicted molar refractivity (Wildman–Crippen MR) is 70.6 cm³/mol. The number of aromatic nitrogens is 1. The topological polar surface area (TPSA) is 50.9 Å². The number of thiazole rings is 1. The monoisotopic (exact) mass is 241 g/mol. The minimum Gasteiger partial charge on any atom is -0.330 e. The lowest BCUT2D eigenvalue weighted by Gasteiger charge is -2.17. The highest BCUT2D eigenvalue weighted by molar-refractivity contribution is 7.09. The van der Waals surface area contributed by atoms with Crippen molar-refractivity contribution in [2.75, 3.05) is 13.1 Å². The minimum atomic E-state index is 0.591. The molecule has 1 heterocycles. The zero-order valence-corrected chi connectivity index (χ0v) is 11.3. The third-order valence-electron chi connectivity index (χ3n) is 2.70. The molecule has 4 heteroatoms. The van der Waals surface area contributed by atoms with Crippen LogP contribution in [0.3, 0.4) is 0 Å².